The van der Waals surface area contributed by atoms with Crippen LogP contribution in [-0.2, 0) is 46.4 Å². The van der Waals surface area contributed by atoms with Crippen molar-refractivity contribution >= 4 is 98.9 Å². The SMILES string of the molecule is CC(C)(C)OC(=O)N1C[C@@H](CCC(Nc2cccc(S(=O)(=O)NC(=O)c3cc(Br)c(C(C)(C)C)nc3Cl)n2)c2cc(C(C)(C)C)ccn2)CC1(C)C.CC(C)(C)c1ccnc(C2CC[C@@H]3CN(c4nc(C(C)(C)C)c(Br)cc4C(=O)NS(=O)(=O)c4cccc(n4)N2)C(C)(C)C3)c1. The van der Waals surface area contributed by atoms with Gasteiger partial charge in [0.25, 0.3) is 31.9 Å². The van der Waals surface area contributed by atoms with Gasteiger partial charge < -0.3 is 25.2 Å². The molecule has 520 valence electrons. The lowest BCUT2D eigenvalue weighted by molar-refractivity contribution is 0.0130. The highest BCUT2D eigenvalue weighted by Crippen LogP contribution is 2.44. The molecule has 9 heterocycles. The molecule has 4 atom stereocenters. The molecular weight excluding hydrogens is 1410 g/mol. The van der Waals surface area contributed by atoms with E-state index in [1.807, 2.05) is 64.8 Å². The maximum atomic E-state index is 13.8. The summed E-state index contributed by atoms with van der Waals surface area (Å²) < 4.78 is 65.3. The number of ether oxygens (including phenoxy) is 1. The molecule has 3 amide bonds. The Balaban J connectivity index is 0.000000249. The Bertz CT molecular complexity index is 4140. The fraction of sp³-hybridized carbons (Fsp3) is 0.535. The molecule has 6 aromatic rings. The van der Waals surface area contributed by atoms with Gasteiger partial charge in [-0.05, 0) is 213 Å². The first-order chi connectivity index (χ1) is 44.1. The highest BCUT2D eigenvalue weighted by atomic mass is 79.9. The van der Waals surface area contributed by atoms with Crippen LogP contribution < -0.4 is 25.0 Å². The molecule has 20 nitrogen and oxygen atoms in total. The number of carbonyl (C=O) groups excluding carboxylic acids is 3. The standard InChI is InChI=1S/C38H52BrClN6O5S.C33H43BrN6O3S/c1-35(2,3)24-17-18-41-28(19-24)27(16-15-23-21-38(10,11)46(22-23)34(48)51-37(7,8)9)42-29-13-12-14-30(43-29)52(49,50)45-33(47)25-20-26(39)31(36(4,5)6)44-32(25)40;1-31(2,3)21-14-15-35-25(16-21)24-13-12-20-18-33(7,8)40(19-20)29-22(17-23(34)28(38-29)32(4,5)6)30(41)39-44(42,43)27-11-9-10-26(36-24)37-27/h12-14,17-20,23,27H,15-16,21-22H2,1-11H3,(H,42,43)(H,45,47);9-11,14-17,20,24H,12-13,18-19H2,1-8H3,(H,36,37)(H,39,41)/t23-,27?;20-,24?/m00/s1. The quantitative estimate of drug-likeness (QED) is 0.0929. The van der Waals surface area contributed by atoms with Crippen molar-refractivity contribution in [1.82, 2.24) is 44.2 Å². The number of likely N-dealkylation sites (tertiary alicyclic amines) is 1. The average Bonchev–Trinajstić information content (AvgIpc) is 1.42. The predicted octanol–water partition coefficient (Wildman–Crippen LogP) is 15.9. The van der Waals surface area contributed by atoms with E-state index < -0.39 is 37.5 Å². The summed E-state index contributed by atoms with van der Waals surface area (Å²) in [6.07, 6.45) is 8.03. The smallest absolute Gasteiger partial charge is 0.410 e. The Hall–Kier alpha value is -6.34. The van der Waals surface area contributed by atoms with Crippen molar-refractivity contribution in [2.75, 3.05) is 28.6 Å². The third-order valence-electron chi connectivity index (χ3n) is 17.4. The molecule has 4 N–H and O–H groups in total. The van der Waals surface area contributed by atoms with Crippen LogP contribution in [0.4, 0.5) is 22.2 Å². The molecule has 6 aromatic heterocycles. The van der Waals surface area contributed by atoms with Gasteiger partial charge in [-0.2, -0.15) is 16.8 Å². The molecule has 2 unspecified atom stereocenters. The number of anilines is 3. The third-order valence-corrected chi connectivity index (χ3v) is 21.4. The Morgan fingerprint density at radius 2 is 1.35 bits per heavy atom. The summed E-state index contributed by atoms with van der Waals surface area (Å²) in [5.74, 6) is 0.0190. The fourth-order valence-electron chi connectivity index (χ4n) is 12.4. The third kappa shape index (κ3) is 18.5. The lowest BCUT2D eigenvalue weighted by Crippen LogP contribution is -2.45. The number of hydrogen-bond donors (Lipinski definition) is 4. The fourth-order valence-corrected chi connectivity index (χ4v) is 16.3. The number of halogens is 3. The summed E-state index contributed by atoms with van der Waals surface area (Å²) in [4.78, 5) is 71.8. The summed E-state index contributed by atoms with van der Waals surface area (Å²) in [6, 6.07) is 20.1. The first-order valence-corrected chi connectivity index (χ1v) is 37.4. The summed E-state index contributed by atoms with van der Waals surface area (Å²) >= 11 is 13.4. The first kappa shape index (κ1) is 75.4. The molecule has 3 aliphatic rings. The van der Waals surface area contributed by atoms with Crippen LogP contribution in [0.2, 0.25) is 5.15 Å². The van der Waals surface area contributed by atoms with Crippen molar-refractivity contribution in [2.24, 2.45) is 11.8 Å². The summed E-state index contributed by atoms with van der Waals surface area (Å²) in [5, 5.41) is 6.19. The zero-order valence-electron chi connectivity index (χ0n) is 58.8. The van der Waals surface area contributed by atoms with E-state index in [0.717, 1.165) is 54.7 Å². The van der Waals surface area contributed by atoms with E-state index in [1.54, 1.807) is 36.5 Å². The maximum Gasteiger partial charge on any atom is 0.410 e. The normalized spacial score (nSPS) is 19.3. The van der Waals surface area contributed by atoms with Crippen molar-refractivity contribution in [3.63, 3.8) is 0 Å². The van der Waals surface area contributed by atoms with E-state index in [0.29, 0.717) is 57.5 Å². The molecule has 4 bridgehead atoms. The molecule has 0 aliphatic carbocycles. The van der Waals surface area contributed by atoms with E-state index in [4.69, 9.17) is 31.3 Å². The molecule has 0 aromatic carbocycles. The van der Waals surface area contributed by atoms with Gasteiger partial charge in [0.2, 0.25) is 0 Å². The Kier molecular flexibility index (Phi) is 22.1. The van der Waals surface area contributed by atoms with Gasteiger partial charge >= 0.3 is 6.09 Å². The van der Waals surface area contributed by atoms with Crippen molar-refractivity contribution in [2.45, 2.75) is 231 Å². The van der Waals surface area contributed by atoms with Gasteiger partial charge in [0.15, 0.2) is 10.1 Å². The lowest BCUT2D eigenvalue weighted by atomic mass is 9.86. The first-order valence-electron chi connectivity index (χ1n) is 32.5. The van der Waals surface area contributed by atoms with Gasteiger partial charge in [-0.1, -0.05) is 107 Å². The van der Waals surface area contributed by atoms with E-state index in [-0.39, 0.29) is 83.2 Å². The van der Waals surface area contributed by atoms with Crippen LogP contribution in [0.5, 0.6) is 0 Å². The van der Waals surface area contributed by atoms with Crippen LogP contribution >= 0.6 is 43.5 Å². The second-order valence-electron chi connectivity index (χ2n) is 31.9. The number of pyridine rings is 6. The van der Waals surface area contributed by atoms with Crippen molar-refractivity contribution in [3.8, 4) is 0 Å². The molecule has 0 radical (unpaired) electrons. The number of carbonyl (C=O) groups is 3. The van der Waals surface area contributed by atoms with Gasteiger partial charge in [0, 0.05) is 56.3 Å². The van der Waals surface area contributed by atoms with Crippen molar-refractivity contribution in [1.29, 1.82) is 0 Å². The molecule has 3 aliphatic heterocycles. The molecule has 25 heteroatoms. The molecule has 9 rings (SSSR count). The summed E-state index contributed by atoms with van der Waals surface area (Å²) in [6.45, 7) is 40.2. The van der Waals surface area contributed by atoms with E-state index >= 15 is 0 Å². The number of nitrogens with zero attached hydrogens (tertiary/aromatic N) is 8. The van der Waals surface area contributed by atoms with Crippen LogP contribution in [0.15, 0.2) is 104 Å². The average molecular weight is 1500 g/mol. The number of nitrogens with one attached hydrogen (secondary N) is 4. The minimum Gasteiger partial charge on any atom is -0.444 e. The van der Waals surface area contributed by atoms with Gasteiger partial charge in [-0.3, -0.25) is 19.6 Å². The van der Waals surface area contributed by atoms with Crippen LogP contribution in [0.25, 0.3) is 0 Å². The lowest BCUT2D eigenvalue weighted by Gasteiger charge is -2.35. The van der Waals surface area contributed by atoms with Crippen LogP contribution in [-0.4, -0.2) is 99.3 Å². The number of rotatable bonds is 10. The molecule has 0 saturated carbocycles. The Morgan fingerprint density at radius 1 is 0.740 bits per heavy atom. The van der Waals surface area contributed by atoms with Gasteiger partial charge in [-0.15, -0.1) is 0 Å². The minimum absolute atomic E-state index is 0.0563. The number of fused-ring (bicyclic) bond motifs is 6. The molecule has 2 fully saturated rings. The Morgan fingerprint density at radius 3 is 1.99 bits per heavy atom. The van der Waals surface area contributed by atoms with Crippen LogP contribution in [0, 0.1) is 11.8 Å². The van der Waals surface area contributed by atoms with Crippen molar-refractivity contribution in [3.05, 3.63) is 144 Å². The van der Waals surface area contributed by atoms with Gasteiger partial charge in [0.05, 0.1) is 46.0 Å². The molecule has 0 spiro atoms. The predicted molar refractivity (Wildman–Crippen MR) is 386 cm³/mol. The zero-order chi connectivity index (χ0) is 71.3. The highest BCUT2D eigenvalue weighted by molar-refractivity contribution is 9.10. The van der Waals surface area contributed by atoms with E-state index in [9.17, 15) is 31.2 Å². The number of hydrogen-bond acceptors (Lipinski definition) is 17. The topological polar surface area (TPSA) is 261 Å². The molecule has 2 saturated heterocycles. The highest BCUT2D eigenvalue weighted by Gasteiger charge is 2.45. The number of amides is 3. The second-order valence-corrected chi connectivity index (χ2v) is 37.2. The monoisotopic (exact) mass is 1500 g/mol. The molecular formula is C71H95Br2ClN12O8S2. The maximum absolute atomic E-state index is 13.8. The molecule has 96 heavy (non-hydrogen) atoms. The van der Waals surface area contributed by atoms with E-state index in [1.165, 1.54) is 23.8 Å². The van der Waals surface area contributed by atoms with Gasteiger partial charge in [0.1, 0.15) is 28.2 Å². The number of aromatic nitrogens is 6. The largest absolute Gasteiger partial charge is 0.444 e. The van der Waals surface area contributed by atoms with Crippen molar-refractivity contribution < 1.29 is 36.0 Å². The van der Waals surface area contributed by atoms with Gasteiger partial charge in [-0.25, -0.2) is 34.2 Å². The zero-order valence-corrected chi connectivity index (χ0v) is 64.4. The minimum atomic E-state index is -4.41. The van der Waals surface area contributed by atoms with Crippen LogP contribution in [0.1, 0.15) is 237 Å². The van der Waals surface area contributed by atoms with Crippen LogP contribution in [0.3, 0.4) is 0 Å². The van der Waals surface area contributed by atoms with E-state index in [2.05, 4.69) is 174 Å². The summed E-state index contributed by atoms with van der Waals surface area (Å²) in [5.41, 5.74) is 3.33. The number of sulfonamides is 2. The summed E-state index contributed by atoms with van der Waals surface area (Å²) in [7, 11) is -8.71. The second kappa shape index (κ2) is 28.1. The Labute approximate surface area is 590 Å².